The van der Waals surface area contributed by atoms with Gasteiger partial charge in [0.1, 0.15) is 0 Å². The second kappa shape index (κ2) is 4.38. The number of aliphatic imine (C=N–C) groups is 2. The summed E-state index contributed by atoms with van der Waals surface area (Å²) < 4.78 is 0. The van der Waals surface area contributed by atoms with Gasteiger partial charge in [-0.25, -0.2) is 0 Å². The molecule has 0 atom stereocenters. The van der Waals surface area contributed by atoms with Crippen molar-refractivity contribution in [2.24, 2.45) is 15.7 Å². The van der Waals surface area contributed by atoms with Crippen molar-refractivity contribution in [1.29, 1.82) is 0 Å². The molecule has 1 amide bonds. The molecule has 0 aromatic carbocycles. The molecular weight excluding hydrogens is 142 g/mol. The van der Waals surface area contributed by atoms with Crippen molar-refractivity contribution in [2.45, 2.75) is 6.92 Å². The molecule has 0 fully saturated rings. The zero-order valence-electron chi connectivity index (χ0n) is 6.66. The van der Waals surface area contributed by atoms with E-state index in [-0.39, 0.29) is 0 Å². The number of nitrogens with two attached hydrogens (primary N) is 1. The van der Waals surface area contributed by atoms with E-state index in [1.165, 1.54) is 6.20 Å². The molecule has 0 unspecified atom stereocenters. The molecule has 0 radical (unpaired) electrons. The predicted octanol–water partition coefficient (Wildman–Crippen LogP) is 0.147. The fourth-order valence-corrected chi connectivity index (χ4v) is 0.547. The van der Waals surface area contributed by atoms with E-state index in [9.17, 15) is 4.79 Å². The molecule has 11 heavy (non-hydrogen) atoms. The van der Waals surface area contributed by atoms with E-state index in [1.54, 1.807) is 14.0 Å². The van der Waals surface area contributed by atoms with Crippen LogP contribution in [0.4, 0.5) is 0 Å². The minimum atomic E-state index is -0.541. The fourth-order valence-electron chi connectivity index (χ4n) is 0.547. The first-order valence-corrected chi connectivity index (χ1v) is 3.03. The number of hydrogen-bond donors (Lipinski definition) is 1. The molecular formula is C7H11N3O. The zero-order valence-corrected chi connectivity index (χ0v) is 6.66. The van der Waals surface area contributed by atoms with Crippen LogP contribution < -0.4 is 5.73 Å². The Morgan fingerprint density at radius 3 is 2.45 bits per heavy atom. The van der Waals surface area contributed by atoms with Gasteiger partial charge in [-0.05, 0) is 13.6 Å². The normalized spacial score (nSPS) is 12.9. The Morgan fingerprint density at radius 1 is 1.64 bits per heavy atom. The summed E-state index contributed by atoms with van der Waals surface area (Å²) in [6.45, 7) is 4.89. The molecule has 4 nitrogen and oxygen atoms in total. The summed E-state index contributed by atoms with van der Waals surface area (Å²) >= 11 is 0. The van der Waals surface area contributed by atoms with Crippen LogP contribution in [0.25, 0.3) is 0 Å². The van der Waals surface area contributed by atoms with Gasteiger partial charge in [-0.3, -0.25) is 14.8 Å². The van der Waals surface area contributed by atoms with Crippen LogP contribution in [0.2, 0.25) is 0 Å². The molecule has 0 heterocycles. The Bertz CT molecular complexity index is 228. The fraction of sp³-hybridized carbons (Fsp3) is 0.286. The second-order valence-electron chi connectivity index (χ2n) is 1.90. The Labute approximate surface area is 65.5 Å². The molecule has 0 rings (SSSR count). The van der Waals surface area contributed by atoms with Crippen LogP contribution in [-0.4, -0.2) is 25.4 Å². The zero-order chi connectivity index (χ0) is 8.85. The summed E-state index contributed by atoms with van der Waals surface area (Å²) in [6, 6.07) is 0. The third-order valence-electron chi connectivity index (χ3n) is 1.21. The molecule has 0 aliphatic heterocycles. The molecule has 4 heteroatoms. The number of carbonyl (C=O) groups is 1. The smallest absolute Gasteiger partial charge is 0.252 e. The van der Waals surface area contributed by atoms with Gasteiger partial charge in [-0.1, -0.05) is 0 Å². The summed E-state index contributed by atoms with van der Waals surface area (Å²) in [5.74, 6) is -0.541. The number of rotatable bonds is 3. The summed E-state index contributed by atoms with van der Waals surface area (Å²) in [4.78, 5) is 17.9. The summed E-state index contributed by atoms with van der Waals surface area (Å²) in [6.07, 6.45) is 1.30. The Hall–Kier alpha value is -1.45. The molecule has 0 aliphatic carbocycles. The number of hydrogen-bond acceptors (Lipinski definition) is 3. The third-order valence-corrected chi connectivity index (χ3v) is 1.21. The van der Waals surface area contributed by atoms with E-state index in [0.29, 0.717) is 11.3 Å². The van der Waals surface area contributed by atoms with E-state index < -0.39 is 5.91 Å². The van der Waals surface area contributed by atoms with Crippen molar-refractivity contribution in [2.75, 3.05) is 7.05 Å². The highest BCUT2D eigenvalue weighted by Crippen LogP contribution is 1.96. The van der Waals surface area contributed by atoms with Crippen molar-refractivity contribution in [1.82, 2.24) is 0 Å². The maximum atomic E-state index is 10.7. The van der Waals surface area contributed by atoms with E-state index in [1.807, 2.05) is 0 Å². The Morgan fingerprint density at radius 2 is 2.18 bits per heavy atom. The largest absolute Gasteiger partial charge is 0.365 e. The number of primary amides is 1. The van der Waals surface area contributed by atoms with Gasteiger partial charge >= 0.3 is 0 Å². The molecule has 0 aliphatic rings. The summed E-state index contributed by atoms with van der Waals surface area (Å²) in [7, 11) is 1.58. The van der Waals surface area contributed by atoms with E-state index in [4.69, 9.17) is 5.73 Å². The molecule has 0 bridgehead atoms. The Balaban J connectivity index is 4.76. The first-order chi connectivity index (χ1) is 5.13. The number of nitrogens with zero attached hydrogens (tertiary/aromatic N) is 2. The van der Waals surface area contributed by atoms with Crippen LogP contribution in [0.5, 0.6) is 0 Å². The van der Waals surface area contributed by atoms with Crippen LogP contribution in [0, 0.1) is 0 Å². The van der Waals surface area contributed by atoms with Crippen LogP contribution in [-0.2, 0) is 4.79 Å². The lowest BCUT2D eigenvalue weighted by atomic mass is 10.2. The van der Waals surface area contributed by atoms with Gasteiger partial charge in [0.25, 0.3) is 5.91 Å². The number of amides is 1. The van der Waals surface area contributed by atoms with Gasteiger partial charge < -0.3 is 5.73 Å². The monoisotopic (exact) mass is 153 g/mol. The molecule has 0 aromatic heterocycles. The Kier molecular flexibility index (Phi) is 3.80. The van der Waals surface area contributed by atoms with Crippen molar-refractivity contribution in [3.05, 3.63) is 11.8 Å². The van der Waals surface area contributed by atoms with Gasteiger partial charge in [0.05, 0.1) is 5.57 Å². The highest BCUT2D eigenvalue weighted by molar-refractivity contribution is 6.20. The van der Waals surface area contributed by atoms with Gasteiger partial charge in [0.15, 0.2) is 0 Å². The first kappa shape index (κ1) is 9.55. The van der Waals surface area contributed by atoms with Crippen LogP contribution in [0.1, 0.15) is 6.92 Å². The van der Waals surface area contributed by atoms with Crippen LogP contribution in [0.15, 0.2) is 21.8 Å². The minimum Gasteiger partial charge on any atom is -0.365 e. The average molecular weight is 153 g/mol. The quantitative estimate of drug-likeness (QED) is 0.455. The lowest BCUT2D eigenvalue weighted by Crippen LogP contribution is -2.18. The minimum absolute atomic E-state index is 0.294. The summed E-state index contributed by atoms with van der Waals surface area (Å²) in [5, 5.41) is 0. The molecule has 60 valence electrons. The van der Waals surface area contributed by atoms with E-state index in [0.717, 1.165) is 0 Å². The molecule has 0 saturated heterocycles. The van der Waals surface area contributed by atoms with Gasteiger partial charge in [0, 0.05) is 19.0 Å². The molecule has 2 N–H and O–H groups in total. The molecule has 0 spiro atoms. The van der Waals surface area contributed by atoms with E-state index >= 15 is 0 Å². The van der Waals surface area contributed by atoms with Crippen molar-refractivity contribution >= 4 is 18.3 Å². The molecule has 0 saturated carbocycles. The third kappa shape index (κ3) is 2.75. The van der Waals surface area contributed by atoms with Crippen molar-refractivity contribution in [3.8, 4) is 0 Å². The maximum Gasteiger partial charge on any atom is 0.252 e. The summed E-state index contributed by atoms with van der Waals surface area (Å²) in [5.41, 5.74) is 5.88. The molecule has 0 aromatic rings. The average Bonchev–Trinajstić information content (AvgIpc) is 1.98. The van der Waals surface area contributed by atoms with Gasteiger partial charge in [-0.15, -0.1) is 0 Å². The van der Waals surface area contributed by atoms with Gasteiger partial charge in [0.2, 0.25) is 0 Å². The van der Waals surface area contributed by atoms with Gasteiger partial charge in [-0.2, -0.15) is 0 Å². The maximum absolute atomic E-state index is 10.7. The second-order valence-corrected chi connectivity index (χ2v) is 1.90. The number of carbonyl (C=O) groups excluding carboxylic acids is 1. The SMILES string of the molecule is C=N/C=C(/C(N)=O)C(C)=NC. The lowest BCUT2D eigenvalue weighted by molar-refractivity contribution is -0.114. The topological polar surface area (TPSA) is 67.8 Å². The highest BCUT2D eigenvalue weighted by atomic mass is 16.1. The van der Waals surface area contributed by atoms with Crippen molar-refractivity contribution in [3.63, 3.8) is 0 Å². The lowest BCUT2D eigenvalue weighted by Gasteiger charge is -1.98. The standard InChI is InChI=1S/C7H11N3O/c1-5(10-3)6(4-9-2)7(8)11/h4H,2H2,1,3H3,(H2,8,11)/b6-4+,10-5?. The predicted molar refractivity (Wildman–Crippen MR) is 45.9 cm³/mol. The van der Waals surface area contributed by atoms with Crippen LogP contribution >= 0.6 is 0 Å². The first-order valence-electron chi connectivity index (χ1n) is 3.03. The van der Waals surface area contributed by atoms with E-state index in [2.05, 4.69) is 16.7 Å². The van der Waals surface area contributed by atoms with Crippen LogP contribution in [0.3, 0.4) is 0 Å². The van der Waals surface area contributed by atoms with Crippen molar-refractivity contribution < 1.29 is 4.79 Å². The highest BCUT2D eigenvalue weighted by Gasteiger charge is 2.06.